The monoisotopic (exact) mass is 400 g/mol. The van der Waals surface area contributed by atoms with Crippen LogP contribution in [0.2, 0.25) is 0 Å². The highest BCUT2D eigenvalue weighted by molar-refractivity contribution is 7.17. The van der Waals surface area contributed by atoms with E-state index in [0.717, 1.165) is 44.0 Å². The molecule has 3 heterocycles. The molecule has 0 spiro atoms. The average molecular weight is 401 g/mol. The number of likely N-dealkylation sites (tertiary alicyclic amines) is 1. The van der Waals surface area contributed by atoms with Gasteiger partial charge in [0.05, 0.1) is 5.69 Å². The second kappa shape index (κ2) is 8.31. The van der Waals surface area contributed by atoms with Crippen LogP contribution in [0.3, 0.4) is 0 Å². The van der Waals surface area contributed by atoms with Gasteiger partial charge < -0.3 is 5.32 Å². The highest BCUT2D eigenvalue weighted by atomic mass is 32.1. The molecular formula is C24H24N4S. The Bertz CT molecular complexity index is 1080. The van der Waals surface area contributed by atoms with E-state index in [-0.39, 0.29) is 0 Å². The van der Waals surface area contributed by atoms with Gasteiger partial charge in [0.2, 0.25) is 0 Å². The Morgan fingerprint density at radius 2 is 1.76 bits per heavy atom. The lowest BCUT2D eigenvalue weighted by Crippen LogP contribution is -2.38. The molecule has 4 aromatic rings. The van der Waals surface area contributed by atoms with Crippen LogP contribution < -0.4 is 5.32 Å². The van der Waals surface area contributed by atoms with Gasteiger partial charge in [-0.25, -0.2) is 9.97 Å². The average Bonchev–Trinajstić information content (AvgIpc) is 3.20. The lowest BCUT2D eigenvalue weighted by atomic mass is 10.0. The van der Waals surface area contributed by atoms with Crippen molar-refractivity contribution in [3.8, 4) is 11.3 Å². The number of benzene rings is 2. The zero-order valence-electron chi connectivity index (χ0n) is 16.3. The Balaban J connectivity index is 1.23. The van der Waals surface area contributed by atoms with Gasteiger partial charge >= 0.3 is 0 Å². The highest BCUT2D eigenvalue weighted by Crippen LogP contribution is 2.33. The number of hydrogen-bond acceptors (Lipinski definition) is 5. The molecule has 1 aliphatic rings. The summed E-state index contributed by atoms with van der Waals surface area (Å²) in [6, 6.07) is 21.8. The van der Waals surface area contributed by atoms with Crippen LogP contribution in [0.4, 0.5) is 5.82 Å². The van der Waals surface area contributed by atoms with Crippen molar-refractivity contribution >= 4 is 27.2 Å². The number of piperidine rings is 1. The van der Waals surface area contributed by atoms with Crippen LogP contribution in [0.25, 0.3) is 21.3 Å². The SMILES string of the molecule is c1ccc(CN2CCC(Nc3cc(-c4csc5ccccc45)ncn3)CC2)cc1. The second-order valence-electron chi connectivity index (χ2n) is 7.61. The van der Waals surface area contributed by atoms with Gasteiger partial charge in [-0.2, -0.15) is 0 Å². The summed E-state index contributed by atoms with van der Waals surface area (Å²) in [5.41, 5.74) is 3.57. The van der Waals surface area contributed by atoms with Gasteiger partial charge in [0, 0.05) is 52.8 Å². The first-order valence-corrected chi connectivity index (χ1v) is 11.0. The molecule has 0 amide bonds. The molecule has 1 fully saturated rings. The lowest BCUT2D eigenvalue weighted by Gasteiger charge is -2.32. The first-order valence-electron chi connectivity index (χ1n) is 10.2. The van der Waals surface area contributed by atoms with E-state index in [1.807, 2.05) is 0 Å². The fraction of sp³-hybridized carbons (Fsp3) is 0.250. The molecule has 1 saturated heterocycles. The van der Waals surface area contributed by atoms with Crippen molar-refractivity contribution in [3.63, 3.8) is 0 Å². The summed E-state index contributed by atoms with van der Waals surface area (Å²) in [6.07, 6.45) is 3.94. The van der Waals surface area contributed by atoms with Gasteiger partial charge in [0.1, 0.15) is 12.1 Å². The molecule has 0 radical (unpaired) electrons. The summed E-state index contributed by atoms with van der Waals surface area (Å²) >= 11 is 1.76. The summed E-state index contributed by atoms with van der Waals surface area (Å²) in [5, 5.41) is 7.10. The fourth-order valence-corrected chi connectivity index (χ4v) is 5.00. The fourth-order valence-electron chi connectivity index (χ4n) is 4.05. The molecule has 0 aliphatic carbocycles. The van der Waals surface area contributed by atoms with Crippen molar-refractivity contribution in [2.24, 2.45) is 0 Å². The predicted molar refractivity (Wildman–Crippen MR) is 121 cm³/mol. The van der Waals surface area contributed by atoms with E-state index in [9.17, 15) is 0 Å². The van der Waals surface area contributed by atoms with E-state index in [4.69, 9.17) is 0 Å². The molecule has 0 saturated carbocycles. The summed E-state index contributed by atoms with van der Waals surface area (Å²) in [4.78, 5) is 11.5. The van der Waals surface area contributed by atoms with E-state index in [0.29, 0.717) is 6.04 Å². The molecule has 2 aromatic heterocycles. The van der Waals surface area contributed by atoms with Crippen LogP contribution in [-0.2, 0) is 6.54 Å². The van der Waals surface area contributed by atoms with Crippen molar-refractivity contribution in [1.29, 1.82) is 0 Å². The molecule has 1 aliphatic heterocycles. The van der Waals surface area contributed by atoms with Crippen molar-refractivity contribution in [1.82, 2.24) is 14.9 Å². The van der Waals surface area contributed by atoms with E-state index in [1.165, 1.54) is 21.2 Å². The standard InChI is InChI=1S/C24H24N4S/c1-2-6-18(7-3-1)15-28-12-10-19(11-13-28)27-24-14-22(25-17-26-24)21-16-29-23-9-5-4-8-20(21)23/h1-9,14,16-17,19H,10-13,15H2,(H,25,26,27). The molecule has 0 unspecified atom stereocenters. The van der Waals surface area contributed by atoms with E-state index in [2.05, 4.69) is 86.2 Å². The maximum Gasteiger partial charge on any atom is 0.130 e. The normalized spacial score (nSPS) is 15.6. The van der Waals surface area contributed by atoms with Crippen molar-refractivity contribution in [2.75, 3.05) is 18.4 Å². The molecule has 2 aromatic carbocycles. The van der Waals surface area contributed by atoms with E-state index < -0.39 is 0 Å². The van der Waals surface area contributed by atoms with Crippen LogP contribution in [0, 0.1) is 0 Å². The number of anilines is 1. The van der Waals surface area contributed by atoms with Gasteiger partial charge in [0.15, 0.2) is 0 Å². The maximum atomic E-state index is 4.53. The van der Waals surface area contributed by atoms with Crippen molar-refractivity contribution in [3.05, 3.63) is 77.9 Å². The van der Waals surface area contributed by atoms with Gasteiger partial charge in [-0.15, -0.1) is 11.3 Å². The summed E-state index contributed by atoms with van der Waals surface area (Å²) < 4.78 is 1.29. The Kier molecular flexibility index (Phi) is 5.24. The highest BCUT2D eigenvalue weighted by Gasteiger charge is 2.19. The molecule has 1 N–H and O–H groups in total. The van der Waals surface area contributed by atoms with Gasteiger partial charge in [-0.05, 0) is 24.5 Å². The van der Waals surface area contributed by atoms with Gasteiger partial charge in [0.25, 0.3) is 0 Å². The van der Waals surface area contributed by atoms with Crippen LogP contribution >= 0.6 is 11.3 Å². The van der Waals surface area contributed by atoms with Crippen LogP contribution in [0.15, 0.2) is 72.4 Å². The molecular weight excluding hydrogens is 376 g/mol. The zero-order valence-corrected chi connectivity index (χ0v) is 17.1. The number of thiophene rings is 1. The summed E-state index contributed by atoms with van der Waals surface area (Å²) in [6.45, 7) is 3.26. The minimum atomic E-state index is 0.462. The molecule has 146 valence electrons. The smallest absolute Gasteiger partial charge is 0.130 e. The quantitative estimate of drug-likeness (QED) is 0.485. The van der Waals surface area contributed by atoms with Crippen LogP contribution in [0.5, 0.6) is 0 Å². The third kappa shape index (κ3) is 4.16. The minimum Gasteiger partial charge on any atom is -0.367 e. The van der Waals surface area contributed by atoms with Crippen molar-refractivity contribution in [2.45, 2.75) is 25.4 Å². The third-order valence-corrected chi connectivity index (χ3v) is 6.58. The Hall–Kier alpha value is -2.76. The number of aromatic nitrogens is 2. The van der Waals surface area contributed by atoms with Gasteiger partial charge in [-0.3, -0.25) is 4.90 Å². The topological polar surface area (TPSA) is 41.0 Å². The number of fused-ring (bicyclic) bond motifs is 1. The van der Waals surface area contributed by atoms with E-state index in [1.54, 1.807) is 17.7 Å². The molecule has 5 heteroatoms. The third-order valence-electron chi connectivity index (χ3n) is 5.61. The van der Waals surface area contributed by atoms with Crippen molar-refractivity contribution < 1.29 is 0 Å². The molecule has 4 nitrogen and oxygen atoms in total. The predicted octanol–water partition coefficient (Wildman–Crippen LogP) is 5.43. The largest absolute Gasteiger partial charge is 0.367 e. The number of rotatable bonds is 5. The minimum absolute atomic E-state index is 0.462. The molecule has 5 rings (SSSR count). The Morgan fingerprint density at radius 3 is 2.62 bits per heavy atom. The number of nitrogens with zero attached hydrogens (tertiary/aromatic N) is 3. The first-order chi connectivity index (χ1) is 14.3. The number of nitrogens with one attached hydrogen (secondary N) is 1. The van der Waals surface area contributed by atoms with Crippen LogP contribution in [-0.4, -0.2) is 34.0 Å². The van der Waals surface area contributed by atoms with Crippen LogP contribution in [0.1, 0.15) is 18.4 Å². The lowest BCUT2D eigenvalue weighted by molar-refractivity contribution is 0.211. The van der Waals surface area contributed by atoms with E-state index >= 15 is 0 Å². The summed E-state index contributed by atoms with van der Waals surface area (Å²) in [5.74, 6) is 0.923. The molecule has 29 heavy (non-hydrogen) atoms. The number of hydrogen-bond donors (Lipinski definition) is 1. The first kappa shape index (κ1) is 18.3. The molecule has 0 atom stereocenters. The van der Waals surface area contributed by atoms with Gasteiger partial charge in [-0.1, -0.05) is 48.5 Å². The Morgan fingerprint density at radius 1 is 0.966 bits per heavy atom. The maximum absolute atomic E-state index is 4.53. The Labute approximate surface area is 175 Å². The molecule has 0 bridgehead atoms. The summed E-state index contributed by atoms with van der Waals surface area (Å²) in [7, 11) is 0. The second-order valence-corrected chi connectivity index (χ2v) is 8.53. The zero-order chi connectivity index (χ0) is 19.5.